The van der Waals surface area contributed by atoms with Gasteiger partial charge in [-0.05, 0) is 25.5 Å². The van der Waals surface area contributed by atoms with E-state index < -0.39 is 0 Å². The van der Waals surface area contributed by atoms with Gasteiger partial charge in [-0.25, -0.2) is 4.98 Å². The Kier molecular flexibility index (Phi) is 5.54. The molecule has 0 saturated heterocycles. The lowest BCUT2D eigenvalue weighted by Gasteiger charge is -2.13. The van der Waals surface area contributed by atoms with E-state index >= 15 is 0 Å². The molecule has 0 atom stereocenters. The van der Waals surface area contributed by atoms with Crippen LogP contribution < -0.4 is 5.32 Å². The Balaban J connectivity index is 2.57. The van der Waals surface area contributed by atoms with E-state index in [1.165, 1.54) is 10.6 Å². The number of hydrogen-bond acceptors (Lipinski definition) is 3. The minimum absolute atomic E-state index is 0.153. The van der Waals surface area contributed by atoms with Crippen molar-refractivity contribution in [3.63, 3.8) is 0 Å². The van der Waals surface area contributed by atoms with Crippen LogP contribution in [0.5, 0.6) is 0 Å². The third kappa shape index (κ3) is 5.32. The molecule has 0 aromatic carbocycles. The normalized spacial score (nSPS) is 13.4. The maximum atomic E-state index is 4.68. The Morgan fingerprint density at radius 1 is 1.44 bits per heavy atom. The third-order valence-electron chi connectivity index (χ3n) is 2.51. The maximum absolute atomic E-state index is 4.68. The molecule has 2 nitrogen and oxygen atoms in total. The molecule has 1 aromatic heterocycles. The Morgan fingerprint density at radius 3 is 2.61 bits per heavy atom. The smallest absolute Gasteiger partial charge is 0.0985 e. The molecule has 0 unspecified atom stereocenters. The topological polar surface area (TPSA) is 24.9 Å². The van der Waals surface area contributed by atoms with Crippen LogP contribution >= 0.6 is 11.3 Å². The monoisotopic (exact) mass is 266 g/mol. The molecule has 1 aromatic rings. The predicted octanol–water partition coefficient (Wildman–Crippen LogP) is 4.09. The minimum atomic E-state index is 0.153. The summed E-state index contributed by atoms with van der Waals surface area (Å²) in [7, 11) is 0. The number of hydrogen-bond donors (Lipinski definition) is 1. The van der Waals surface area contributed by atoms with Gasteiger partial charge in [0.05, 0.1) is 10.7 Å². The molecule has 1 heterocycles. The minimum Gasteiger partial charge on any atom is -0.313 e. The fraction of sp³-hybridized carbons (Fsp3) is 0.667. The highest BCUT2D eigenvalue weighted by atomic mass is 32.1. The standard InChI is InChI=1S/C15H26N2S/c1-11(2)8-16-9-12(3)7-13-10-18-14(17-13)15(4,5)6/h7,10-11,16H,8-9H2,1-6H3. The van der Waals surface area contributed by atoms with Crippen LogP contribution in [-0.4, -0.2) is 18.1 Å². The van der Waals surface area contributed by atoms with E-state index in [-0.39, 0.29) is 5.41 Å². The highest BCUT2D eigenvalue weighted by Crippen LogP contribution is 2.26. The summed E-state index contributed by atoms with van der Waals surface area (Å²) in [6, 6.07) is 0. The maximum Gasteiger partial charge on any atom is 0.0985 e. The molecule has 0 aliphatic carbocycles. The van der Waals surface area contributed by atoms with E-state index in [4.69, 9.17) is 0 Å². The summed E-state index contributed by atoms with van der Waals surface area (Å²) in [5.41, 5.74) is 2.58. The van der Waals surface area contributed by atoms with Crippen LogP contribution in [0.15, 0.2) is 11.0 Å². The van der Waals surface area contributed by atoms with Gasteiger partial charge < -0.3 is 5.32 Å². The molecule has 102 valence electrons. The number of nitrogens with zero attached hydrogens (tertiary/aromatic N) is 1. The molecular weight excluding hydrogens is 240 g/mol. The second kappa shape index (κ2) is 6.48. The summed E-state index contributed by atoms with van der Waals surface area (Å²) >= 11 is 1.75. The van der Waals surface area contributed by atoms with Crippen LogP contribution in [0.25, 0.3) is 6.08 Å². The summed E-state index contributed by atoms with van der Waals surface area (Å²) in [5.74, 6) is 0.699. The Morgan fingerprint density at radius 2 is 2.11 bits per heavy atom. The lowest BCUT2D eigenvalue weighted by Crippen LogP contribution is -2.21. The summed E-state index contributed by atoms with van der Waals surface area (Å²) < 4.78 is 0. The zero-order valence-corrected chi connectivity index (χ0v) is 13.3. The molecule has 0 aliphatic heterocycles. The molecule has 0 aliphatic rings. The highest BCUT2D eigenvalue weighted by molar-refractivity contribution is 7.09. The second-order valence-electron chi connectivity index (χ2n) is 6.34. The van der Waals surface area contributed by atoms with Crippen LogP contribution in [0, 0.1) is 5.92 Å². The Bertz CT molecular complexity index is 397. The molecule has 1 rings (SSSR count). The molecule has 1 N–H and O–H groups in total. The van der Waals surface area contributed by atoms with Gasteiger partial charge >= 0.3 is 0 Å². The van der Waals surface area contributed by atoms with Gasteiger partial charge in [-0.15, -0.1) is 11.3 Å². The second-order valence-corrected chi connectivity index (χ2v) is 7.20. The number of thiazole rings is 1. The lowest BCUT2D eigenvalue weighted by atomic mass is 9.98. The average Bonchev–Trinajstić information content (AvgIpc) is 2.64. The van der Waals surface area contributed by atoms with Gasteiger partial charge in [-0.3, -0.25) is 0 Å². The van der Waals surface area contributed by atoms with Crippen LogP contribution in [0.4, 0.5) is 0 Å². The molecule has 0 spiro atoms. The van der Waals surface area contributed by atoms with Crippen molar-refractivity contribution in [2.24, 2.45) is 5.92 Å². The van der Waals surface area contributed by atoms with Crippen molar-refractivity contribution in [1.82, 2.24) is 10.3 Å². The van der Waals surface area contributed by atoms with E-state index in [0.29, 0.717) is 5.92 Å². The summed E-state index contributed by atoms with van der Waals surface area (Å²) in [5, 5.41) is 6.80. The number of aromatic nitrogens is 1. The average molecular weight is 266 g/mol. The van der Waals surface area contributed by atoms with E-state index in [1.54, 1.807) is 11.3 Å². The molecule has 3 heteroatoms. The number of nitrogens with one attached hydrogen (secondary N) is 1. The molecular formula is C15H26N2S. The lowest BCUT2D eigenvalue weighted by molar-refractivity contribution is 0.572. The van der Waals surface area contributed by atoms with Gasteiger partial charge in [0.15, 0.2) is 0 Å². The van der Waals surface area contributed by atoms with Gasteiger partial charge in [0.25, 0.3) is 0 Å². The van der Waals surface area contributed by atoms with Crippen molar-refractivity contribution in [2.75, 3.05) is 13.1 Å². The molecule has 0 amide bonds. The van der Waals surface area contributed by atoms with Crippen molar-refractivity contribution >= 4 is 17.4 Å². The predicted molar refractivity (Wildman–Crippen MR) is 82.2 cm³/mol. The van der Waals surface area contributed by atoms with E-state index in [2.05, 4.69) is 63.3 Å². The van der Waals surface area contributed by atoms with E-state index in [9.17, 15) is 0 Å². The summed E-state index contributed by atoms with van der Waals surface area (Å²) in [4.78, 5) is 4.68. The van der Waals surface area contributed by atoms with E-state index in [1.807, 2.05) is 0 Å². The van der Waals surface area contributed by atoms with Gasteiger partial charge in [-0.1, -0.05) is 40.2 Å². The first-order valence-electron chi connectivity index (χ1n) is 6.63. The third-order valence-corrected chi connectivity index (χ3v) is 3.80. The summed E-state index contributed by atoms with van der Waals surface area (Å²) in [6.45, 7) is 15.2. The molecule has 18 heavy (non-hydrogen) atoms. The quantitative estimate of drug-likeness (QED) is 0.868. The van der Waals surface area contributed by atoms with E-state index in [0.717, 1.165) is 18.8 Å². The van der Waals surface area contributed by atoms with Gasteiger partial charge in [0, 0.05) is 17.3 Å². The highest BCUT2D eigenvalue weighted by Gasteiger charge is 2.17. The molecule has 0 saturated carbocycles. The summed E-state index contributed by atoms with van der Waals surface area (Å²) in [6.07, 6.45) is 2.18. The van der Waals surface area contributed by atoms with Crippen molar-refractivity contribution in [3.8, 4) is 0 Å². The van der Waals surface area contributed by atoms with Crippen LogP contribution in [0.1, 0.15) is 52.2 Å². The van der Waals surface area contributed by atoms with Crippen LogP contribution in [0.2, 0.25) is 0 Å². The molecule has 0 radical (unpaired) electrons. The zero-order chi connectivity index (χ0) is 13.8. The molecule has 0 bridgehead atoms. The number of rotatable bonds is 5. The fourth-order valence-corrected chi connectivity index (χ4v) is 2.42. The Labute approximate surface area is 116 Å². The van der Waals surface area contributed by atoms with Crippen molar-refractivity contribution in [2.45, 2.75) is 47.0 Å². The Hall–Kier alpha value is -0.670. The first-order chi connectivity index (χ1) is 8.29. The van der Waals surface area contributed by atoms with Gasteiger partial charge in [0.1, 0.15) is 0 Å². The van der Waals surface area contributed by atoms with Gasteiger partial charge in [-0.2, -0.15) is 0 Å². The van der Waals surface area contributed by atoms with Crippen molar-refractivity contribution < 1.29 is 0 Å². The zero-order valence-electron chi connectivity index (χ0n) is 12.5. The SMILES string of the molecule is CC(=Cc1csc(C(C)(C)C)n1)CNCC(C)C. The largest absolute Gasteiger partial charge is 0.313 e. The van der Waals surface area contributed by atoms with Crippen molar-refractivity contribution in [1.29, 1.82) is 0 Å². The molecule has 0 fully saturated rings. The first-order valence-corrected chi connectivity index (χ1v) is 7.51. The van der Waals surface area contributed by atoms with Crippen molar-refractivity contribution in [3.05, 3.63) is 21.7 Å². The fourth-order valence-electron chi connectivity index (χ4n) is 1.56. The van der Waals surface area contributed by atoms with Crippen LogP contribution in [0.3, 0.4) is 0 Å². The van der Waals surface area contributed by atoms with Crippen LogP contribution in [-0.2, 0) is 5.41 Å². The first kappa shape index (κ1) is 15.4. The van der Waals surface area contributed by atoms with Gasteiger partial charge in [0.2, 0.25) is 0 Å².